The number of carboxylic acids is 2. The van der Waals surface area contributed by atoms with Crippen LogP contribution in [0.5, 0.6) is 5.75 Å². The zero-order valence-corrected chi connectivity index (χ0v) is 11.2. The standard InChI is InChI=1S/C14H17NO5/c1-20-10-5-2-4-9(8-10)12(14(18)19)15-7-3-6-11(15)13(16)17/h2,4-5,8,11-12H,3,6-7H2,1H3,(H,16,17)(H,18,19). The first-order valence-electron chi connectivity index (χ1n) is 6.40. The van der Waals surface area contributed by atoms with E-state index in [1.54, 1.807) is 24.3 Å². The Kier molecular flexibility index (Phi) is 4.24. The van der Waals surface area contributed by atoms with Crippen LogP contribution in [0.1, 0.15) is 24.4 Å². The molecule has 1 aliphatic heterocycles. The van der Waals surface area contributed by atoms with Crippen molar-refractivity contribution >= 4 is 11.9 Å². The van der Waals surface area contributed by atoms with Crippen molar-refractivity contribution < 1.29 is 24.5 Å². The van der Waals surface area contributed by atoms with Gasteiger partial charge in [0.15, 0.2) is 0 Å². The van der Waals surface area contributed by atoms with E-state index in [2.05, 4.69) is 0 Å². The Morgan fingerprint density at radius 2 is 2.15 bits per heavy atom. The first kappa shape index (κ1) is 14.3. The van der Waals surface area contributed by atoms with E-state index in [9.17, 15) is 19.8 Å². The average Bonchev–Trinajstić information content (AvgIpc) is 2.88. The van der Waals surface area contributed by atoms with E-state index in [-0.39, 0.29) is 0 Å². The SMILES string of the molecule is COc1cccc(C(C(=O)O)N2CCCC2C(=O)O)c1. The Balaban J connectivity index is 2.35. The molecule has 2 rings (SSSR count). The van der Waals surface area contributed by atoms with Crippen molar-refractivity contribution in [1.82, 2.24) is 4.90 Å². The minimum atomic E-state index is -1.05. The van der Waals surface area contributed by atoms with Crippen molar-refractivity contribution in [2.24, 2.45) is 0 Å². The van der Waals surface area contributed by atoms with Gasteiger partial charge in [-0.1, -0.05) is 12.1 Å². The van der Waals surface area contributed by atoms with Gasteiger partial charge in [-0.2, -0.15) is 0 Å². The van der Waals surface area contributed by atoms with Crippen molar-refractivity contribution in [3.63, 3.8) is 0 Å². The van der Waals surface area contributed by atoms with Gasteiger partial charge in [0.1, 0.15) is 17.8 Å². The number of hydrogen-bond donors (Lipinski definition) is 2. The summed E-state index contributed by atoms with van der Waals surface area (Å²) in [5.41, 5.74) is 0.532. The normalized spacial score (nSPS) is 20.6. The van der Waals surface area contributed by atoms with Crippen LogP contribution in [0.15, 0.2) is 24.3 Å². The number of methoxy groups -OCH3 is 1. The average molecular weight is 279 g/mol. The van der Waals surface area contributed by atoms with Gasteiger partial charge in [0.05, 0.1) is 7.11 Å². The number of benzene rings is 1. The lowest BCUT2D eigenvalue weighted by Gasteiger charge is -2.28. The summed E-state index contributed by atoms with van der Waals surface area (Å²) >= 11 is 0. The van der Waals surface area contributed by atoms with E-state index in [1.807, 2.05) is 0 Å². The fraction of sp³-hybridized carbons (Fsp3) is 0.429. The van der Waals surface area contributed by atoms with Crippen LogP contribution in [0.25, 0.3) is 0 Å². The zero-order chi connectivity index (χ0) is 14.7. The van der Waals surface area contributed by atoms with Gasteiger partial charge < -0.3 is 14.9 Å². The van der Waals surface area contributed by atoms with E-state index < -0.39 is 24.0 Å². The molecule has 0 saturated carbocycles. The maximum atomic E-state index is 11.6. The molecule has 0 spiro atoms. The topological polar surface area (TPSA) is 87.1 Å². The number of rotatable bonds is 5. The maximum absolute atomic E-state index is 11.6. The molecule has 6 heteroatoms. The fourth-order valence-electron chi connectivity index (χ4n) is 2.65. The first-order valence-corrected chi connectivity index (χ1v) is 6.40. The molecule has 0 aromatic heterocycles. The number of carboxylic acid groups (broad SMARTS) is 2. The van der Waals surface area contributed by atoms with Gasteiger partial charge in [0, 0.05) is 6.54 Å². The Hall–Kier alpha value is -2.08. The number of carbonyl (C=O) groups is 2. The molecule has 1 fully saturated rings. The van der Waals surface area contributed by atoms with Crippen molar-refractivity contribution in [1.29, 1.82) is 0 Å². The van der Waals surface area contributed by atoms with Crippen LogP contribution in [0.4, 0.5) is 0 Å². The summed E-state index contributed by atoms with van der Waals surface area (Å²) in [6.45, 7) is 0.463. The predicted octanol–water partition coefficient (Wildman–Crippen LogP) is 1.37. The molecule has 1 saturated heterocycles. The third kappa shape index (κ3) is 2.75. The first-order chi connectivity index (χ1) is 9.54. The summed E-state index contributed by atoms with van der Waals surface area (Å²) in [5.74, 6) is -1.47. The molecule has 2 atom stereocenters. The van der Waals surface area contributed by atoms with Gasteiger partial charge in [-0.25, -0.2) is 0 Å². The highest BCUT2D eigenvalue weighted by molar-refractivity contribution is 5.79. The van der Waals surface area contributed by atoms with E-state index in [4.69, 9.17) is 4.74 Å². The molecular formula is C14H17NO5. The van der Waals surface area contributed by atoms with E-state index in [1.165, 1.54) is 12.0 Å². The number of likely N-dealkylation sites (tertiary alicyclic amines) is 1. The highest BCUT2D eigenvalue weighted by Gasteiger charge is 2.39. The van der Waals surface area contributed by atoms with Gasteiger partial charge in [-0.15, -0.1) is 0 Å². The minimum Gasteiger partial charge on any atom is -0.497 e. The second-order valence-corrected chi connectivity index (χ2v) is 4.75. The third-order valence-corrected chi connectivity index (χ3v) is 3.55. The molecule has 0 bridgehead atoms. The summed E-state index contributed by atoms with van der Waals surface area (Å²) in [5, 5.41) is 18.7. The van der Waals surface area contributed by atoms with Crippen molar-refractivity contribution in [2.75, 3.05) is 13.7 Å². The molecular weight excluding hydrogens is 262 g/mol. The van der Waals surface area contributed by atoms with Gasteiger partial charge in [0.2, 0.25) is 0 Å². The molecule has 0 radical (unpaired) electrons. The van der Waals surface area contributed by atoms with Crippen LogP contribution in [0.3, 0.4) is 0 Å². The van der Waals surface area contributed by atoms with E-state index in [0.29, 0.717) is 30.7 Å². The molecule has 0 amide bonds. The lowest BCUT2D eigenvalue weighted by atomic mass is 10.0. The van der Waals surface area contributed by atoms with E-state index >= 15 is 0 Å². The number of hydrogen-bond acceptors (Lipinski definition) is 4. The summed E-state index contributed by atoms with van der Waals surface area (Å²) in [7, 11) is 1.50. The molecule has 1 aliphatic rings. The van der Waals surface area contributed by atoms with Crippen LogP contribution in [0, 0.1) is 0 Å². The number of ether oxygens (including phenoxy) is 1. The van der Waals surface area contributed by atoms with Crippen molar-refractivity contribution in [3.05, 3.63) is 29.8 Å². The molecule has 20 heavy (non-hydrogen) atoms. The second-order valence-electron chi connectivity index (χ2n) is 4.75. The maximum Gasteiger partial charge on any atom is 0.325 e. The van der Waals surface area contributed by atoms with Gasteiger partial charge in [0.25, 0.3) is 0 Å². The van der Waals surface area contributed by atoms with E-state index in [0.717, 1.165) is 0 Å². The molecule has 108 valence electrons. The lowest BCUT2D eigenvalue weighted by molar-refractivity contribution is -0.149. The highest BCUT2D eigenvalue weighted by atomic mass is 16.5. The number of nitrogens with zero attached hydrogens (tertiary/aromatic N) is 1. The van der Waals surface area contributed by atoms with Gasteiger partial charge in [-0.05, 0) is 30.5 Å². The summed E-state index contributed by atoms with van der Waals surface area (Å²) in [4.78, 5) is 24.3. The van der Waals surface area contributed by atoms with Crippen LogP contribution in [-0.4, -0.2) is 46.7 Å². The minimum absolute atomic E-state index is 0.463. The largest absolute Gasteiger partial charge is 0.497 e. The van der Waals surface area contributed by atoms with Crippen LogP contribution < -0.4 is 4.74 Å². The van der Waals surface area contributed by atoms with Gasteiger partial charge >= 0.3 is 11.9 Å². The Morgan fingerprint density at radius 3 is 2.75 bits per heavy atom. The van der Waals surface area contributed by atoms with Crippen LogP contribution in [-0.2, 0) is 9.59 Å². The quantitative estimate of drug-likeness (QED) is 0.846. The third-order valence-electron chi connectivity index (χ3n) is 3.55. The number of aliphatic carboxylic acids is 2. The Morgan fingerprint density at radius 1 is 1.40 bits per heavy atom. The zero-order valence-electron chi connectivity index (χ0n) is 11.2. The predicted molar refractivity (Wildman–Crippen MR) is 70.7 cm³/mol. The second kappa shape index (κ2) is 5.92. The molecule has 1 heterocycles. The van der Waals surface area contributed by atoms with Crippen molar-refractivity contribution in [2.45, 2.75) is 24.9 Å². The summed E-state index contributed by atoms with van der Waals surface area (Å²) in [6, 6.07) is 5.03. The Labute approximate surface area is 116 Å². The highest BCUT2D eigenvalue weighted by Crippen LogP contribution is 2.31. The molecule has 2 unspecified atom stereocenters. The molecule has 0 aliphatic carbocycles. The lowest BCUT2D eigenvalue weighted by Crippen LogP contribution is -2.41. The van der Waals surface area contributed by atoms with Gasteiger partial charge in [-0.3, -0.25) is 14.5 Å². The van der Waals surface area contributed by atoms with Crippen LogP contribution in [0.2, 0.25) is 0 Å². The Bertz CT molecular complexity index is 516. The van der Waals surface area contributed by atoms with Crippen molar-refractivity contribution in [3.8, 4) is 5.75 Å². The fourth-order valence-corrected chi connectivity index (χ4v) is 2.65. The summed E-state index contributed by atoms with van der Waals surface area (Å²) < 4.78 is 5.09. The molecule has 6 nitrogen and oxygen atoms in total. The molecule has 1 aromatic carbocycles. The monoisotopic (exact) mass is 279 g/mol. The summed E-state index contributed by atoms with van der Waals surface area (Å²) in [6.07, 6.45) is 1.16. The molecule has 2 N–H and O–H groups in total. The van der Waals surface area contributed by atoms with Crippen LogP contribution >= 0.6 is 0 Å². The molecule has 1 aromatic rings. The smallest absolute Gasteiger partial charge is 0.325 e.